The lowest BCUT2D eigenvalue weighted by molar-refractivity contribution is 1.14. The van der Waals surface area contributed by atoms with E-state index < -0.39 is 0 Å². The van der Waals surface area contributed by atoms with Crippen LogP contribution in [0.2, 0.25) is 0 Å². The third kappa shape index (κ3) is 3.25. The highest BCUT2D eigenvalue weighted by atomic mass is 14.4. The highest BCUT2D eigenvalue weighted by Crippen LogP contribution is 1.96. The molecule has 0 saturated carbocycles. The standard InChI is InChI=1S/C8H10.CH5N.H2/c1-2-8-6-4-3-5-7-8;1-2;/h3-7H,2H2,1H3;2H2,1H3;1H. The first kappa shape index (κ1) is 9.18. The highest BCUT2D eigenvalue weighted by molar-refractivity contribution is 5.13. The van der Waals surface area contributed by atoms with Crippen molar-refractivity contribution in [2.75, 3.05) is 7.05 Å². The average molecular weight is 139 g/mol. The van der Waals surface area contributed by atoms with E-state index in [1.165, 1.54) is 12.6 Å². The molecule has 0 bridgehead atoms. The fourth-order valence-electron chi connectivity index (χ4n) is 0.714. The molecule has 0 spiro atoms. The Kier molecular flexibility index (Phi) is 5.79. The van der Waals surface area contributed by atoms with E-state index in [4.69, 9.17) is 0 Å². The molecule has 2 N–H and O–H groups in total. The number of hydrogen-bond donors (Lipinski definition) is 1. The largest absolute Gasteiger partial charge is 0.333 e. The van der Waals surface area contributed by atoms with Gasteiger partial charge in [-0.15, -0.1) is 0 Å². The van der Waals surface area contributed by atoms with Gasteiger partial charge in [0.2, 0.25) is 0 Å². The number of nitrogens with two attached hydrogens (primary N) is 1. The van der Waals surface area contributed by atoms with E-state index in [2.05, 4.69) is 36.9 Å². The summed E-state index contributed by atoms with van der Waals surface area (Å²) in [4.78, 5) is 0. The quantitative estimate of drug-likeness (QED) is 0.633. The van der Waals surface area contributed by atoms with E-state index in [0.717, 1.165) is 6.42 Å². The van der Waals surface area contributed by atoms with Crippen molar-refractivity contribution in [3.05, 3.63) is 35.9 Å². The van der Waals surface area contributed by atoms with Crippen molar-refractivity contribution < 1.29 is 1.43 Å². The summed E-state index contributed by atoms with van der Waals surface area (Å²) in [5, 5.41) is 0. The predicted molar refractivity (Wildman–Crippen MR) is 48.0 cm³/mol. The molecule has 0 fully saturated rings. The number of aryl methyl sites for hydroxylation is 1. The van der Waals surface area contributed by atoms with Crippen molar-refractivity contribution in [3.8, 4) is 0 Å². The zero-order chi connectivity index (χ0) is 7.82. The topological polar surface area (TPSA) is 26.0 Å². The molecule has 1 heteroatoms. The van der Waals surface area contributed by atoms with Gasteiger partial charge in [0, 0.05) is 1.43 Å². The summed E-state index contributed by atoms with van der Waals surface area (Å²) in [5.74, 6) is 0. The average Bonchev–Trinajstić information content (AvgIpc) is 2.10. The third-order valence-electron chi connectivity index (χ3n) is 1.25. The summed E-state index contributed by atoms with van der Waals surface area (Å²) >= 11 is 0. The van der Waals surface area contributed by atoms with Crippen molar-refractivity contribution in [2.45, 2.75) is 13.3 Å². The van der Waals surface area contributed by atoms with Crippen LogP contribution in [0.5, 0.6) is 0 Å². The van der Waals surface area contributed by atoms with Crippen LogP contribution in [0.25, 0.3) is 0 Å². The lowest BCUT2D eigenvalue weighted by Gasteiger charge is -1.89. The predicted octanol–water partition coefficient (Wildman–Crippen LogP) is 2.07. The van der Waals surface area contributed by atoms with Gasteiger partial charge < -0.3 is 5.73 Å². The van der Waals surface area contributed by atoms with Gasteiger partial charge in [0.1, 0.15) is 0 Å². The Balaban J connectivity index is 0. The molecule has 0 aromatic heterocycles. The Hall–Kier alpha value is -0.820. The Bertz CT molecular complexity index is 151. The molecule has 0 unspecified atom stereocenters. The SMILES string of the molecule is CCc1ccccc1.CN.[HH]. The van der Waals surface area contributed by atoms with E-state index in [9.17, 15) is 0 Å². The van der Waals surface area contributed by atoms with Crippen LogP contribution < -0.4 is 5.73 Å². The van der Waals surface area contributed by atoms with Crippen LogP contribution in [0, 0.1) is 0 Å². The Labute approximate surface area is 64.4 Å². The van der Waals surface area contributed by atoms with E-state index in [-0.39, 0.29) is 1.43 Å². The van der Waals surface area contributed by atoms with E-state index in [0.29, 0.717) is 0 Å². The van der Waals surface area contributed by atoms with Gasteiger partial charge in [-0.05, 0) is 19.0 Å². The van der Waals surface area contributed by atoms with Crippen LogP contribution in [0.15, 0.2) is 30.3 Å². The lowest BCUT2D eigenvalue weighted by atomic mass is 10.2. The van der Waals surface area contributed by atoms with E-state index in [1.54, 1.807) is 0 Å². The van der Waals surface area contributed by atoms with E-state index in [1.807, 2.05) is 6.07 Å². The van der Waals surface area contributed by atoms with Crippen LogP contribution in [0.4, 0.5) is 0 Å². The number of benzene rings is 1. The summed E-state index contributed by atoms with van der Waals surface area (Å²) in [6.45, 7) is 2.16. The number of hydrogen-bond acceptors (Lipinski definition) is 1. The molecular formula is C9H17N. The molecule has 1 rings (SSSR count). The molecule has 10 heavy (non-hydrogen) atoms. The van der Waals surface area contributed by atoms with Crippen molar-refractivity contribution in [3.63, 3.8) is 0 Å². The van der Waals surface area contributed by atoms with Gasteiger partial charge in [-0.2, -0.15) is 0 Å². The normalized spacial score (nSPS) is 7.90. The van der Waals surface area contributed by atoms with Gasteiger partial charge in [-0.3, -0.25) is 0 Å². The summed E-state index contributed by atoms with van der Waals surface area (Å²) in [6.07, 6.45) is 1.14. The molecule has 1 nitrogen and oxygen atoms in total. The van der Waals surface area contributed by atoms with Crippen LogP contribution in [-0.2, 0) is 6.42 Å². The molecule has 0 amide bonds. The van der Waals surface area contributed by atoms with Gasteiger partial charge >= 0.3 is 0 Å². The molecule has 0 atom stereocenters. The summed E-state index contributed by atoms with van der Waals surface area (Å²) < 4.78 is 0. The van der Waals surface area contributed by atoms with Crippen molar-refractivity contribution in [1.82, 2.24) is 0 Å². The minimum atomic E-state index is 0. The van der Waals surface area contributed by atoms with Crippen molar-refractivity contribution in [2.24, 2.45) is 5.73 Å². The molecule has 0 aliphatic rings. The molecule has 0 aliphatic carbocycles. The first-order valence-corrected chi connectivity index (χ1v) is 3.55. The minimum Gasteiger partial charge on any atom is -0.333 e. The molecule has 1 aromatic carbocycles. The Morgan fingerprint density at radius 2 is 1.70 bits per heavy atom. The first-order valence-electron chi connectivity index (χ1n) is 3.55. The Morgan fingerprint density at radius 3 is 2.00 bits per heavy atom. The monoisotopic (exact) mass is 139 g/mol. The number of rotatable bonds is 1. The van der Waals surface area contributed by atoms with E-state index >= 15 is 0 Å². The van der Waals surface area contributed by atoms with Gasteiger partial charge in [-0.1, -0.05) is 37.3 Å². The van der Waals surface area contributed by atoms with Gasteiger partial charge in [0.25, 0.3) is 0 Å². The highest BCUT2D eigenvalue weighted by Gasteiger charge is 1.79. The maximum Gasteiger partial charge on any atom is 0 e. The molecule has 0 heterocycles. The second kappa shape index (κ2) is 6.30. The van der Waals surface area contributed by atoms with Crippen molar-refractivity contribution >= 4 is 0 Å². The molecular weight excluding hydrogens is 122 g/mol. The Morgan fingerprint density at radius 1 is 1.20 bits per heavy atom. The van der Waals surface area contributed by atoms with Crippen LogP contribution in [0.1, 0.15) is 13.9 Å². The minimum absolute atomic E-state index is 0. The van der Waals surface area contributed by atoms with Crippen LogP contribution >= 0.6 is 0 Å². The first-order chi connectivity index (χ1) is 4.93. The molecule has 1 aromatic rings. The summed E-state index contributed by atoms with van der Waals surface area (Å²) in [6, 6.07) is 10.5. The smallest absolute Gasteiger partial charge is 0 e. The molecule has 0 radical (unpaired) electrons. The maximum absolute atomic E-state index is 4.50. The molecule has 0 aliphatic heterocycles. The second-order valence-electron chi connectivity index (χ2n) is 1.84. The zero-order valence-corrected chi connectivity index (χ0v) is 6.67. The fourth-order valence-corrected chi connectivity index (χ4v) is 0.714. The molecule has 58 valence electrons. The van der Waals surface area contributed by atoms with Gasteiger partial charge in [-0.25, -0.2) is 0 Å². The van der Waals surface area contributed by atoms with Crippen LogP contribution in [0.3, 0.4) is 0 Å². The summed E-state index contributed by atoms with van der Waals surface area (Å²) in [7, 11) is 1.50. The second-order valence-corrected chi connectivity index (χ2v) is 1.84. The van der Waals surface area contributed by atoms with Gasteiger partial charge in [0.15, 0.2) is 0 Å². The summed E-state index contributed by atoms with van der Waals surface area (Å²) in [5.41, 5.74) is 5.91. The molecule has 0 saturated heterocycles. The van der Waals surface area contributed by atoms with Crippen molar-refractivity contribution in [1.29, 1.82) is 0 Å². The third-order valence-corrected chi connectivity index (χ3v) is 1.25. The lowest BCUT2D eigenvalue weighted by Crippen LogP contribution is -1.73. The zero-order valence-electron chi connectivity index (χ0n) is 6.67. The van der Waals surface area contributed by atoms with Crippen LogP contribution in [-0.4, -0.2) is 7.05 Å². The fraction of sp³-hybridized carbons (Fsp3) is 0.333. The van der Waals surface area contributed by atoms with Gasteiger partial charge in [0.05, 0.1) is 0 Å². The maximum atomic E-state index is 4.50.